The summed E-state index contributed by atoms with van der Waals surface area (Å²) in [5.41, 5.74) is 5.58. The summed E-state index contributed by atoms with van der Waals surface area (Å²) in [5.74, 6) is -0.0564. The Kier molecular flexibility index (Phi) is 6.23. The maximum absolute atomic E-state index is 11.5. The SMILES string of the molecule is CC(C)n1c(O)c(C=C2C=Nc3cnccc32)n(-n2c(C=C3C=Nc4cnccc43)c(O)n(C(C)C)c2=S)c1=S. The lowest BCUT2D eigenvalue weighted by atomic mass is 10.1. The highest BCUT2D eigenvalue weighted by molar-refractivity contribution is 7.71. The summed E-state index contributed by atoms with van der Waals surface area (Å²) in [4.78, 5) is 17.2. The van der Waals surface area contributed by atoms with Crippen molar-refractivity contribution in [3.05, 3.63) is 69.0 Å². The Morgan fingerprint density at radius 1 is 0.700 bits per heavy atom. The molecule has 0 aromatic carbocycles. The second-order valence-electron chi connectivity index (χ2n) is 10.0. The summed E-state index contributed by atoms with van der Waals surface area (Å²) in [5, 5.41) is 23.1. The van der Waals surface area contributed by atoms with Gasteiger partial charge in [-0.25, -0.2) is 9.35 Å². The van der Waals surface area contributed by atoms with Crippen molar-refractivity contribution in [1.82, 2.24) is 28.5 Å². The first-order chi connectivity index (χ1) is 19.2. The molecule has 6 rings (SSSR count). The Balaban J connectivity index is 1.67. The Morgan fingerprint density at radius 3 is 1.48 bits per heavy atom. The van der Waals surface area contributed by atoms with E-state index < -0.39 is 0 Å². The van der Waals surface area contributed by atoms with E-state index in [0.29, 0.717) is 20.9 Å². The zero-order valence-corrected chi connectivity index (χ0v) is 23.8. The number of allylic oxidation sites excluding steroid dienone is 2. The second kappa shape index (κ2) is 9.65. The molecule has 2 aliphatic heterocycles. The zero-order chi connectivity index (χ0) is 28.3. The Morgan fingerprint density at radius 2 is 1.10 bits per heavy atom. The number of imidazole rings is 2. The third-order valence-corrected chi connectivity index (χ3v) is 7.61. The lowest BCUT2D eigenvalue weighted by molar-refractivity contribution is 0.397. The van der Waals surface area contributed by atoms with Gasteiger partial charge in [0.15, 0.2) is 0 Å². The van der Waals surface area contributed by atoms with Crippen molar-refractivity contribution in [2.24, 2.45) is 9.98 Å². The van der Waals surface area contributed by atoms with Crippen molar-refractivity contribution in [2.75, 3.05) is 0 Å². The van der Waals surface area contributed by atoms with Crippen molar-refractivity contribution in [3.8, 4) is 11.8 Å². The highest BCUT2D eigenvalue weighted by Gasteiger charge is 2.27. The van der Waals surface area contributed by atoms with Gasteiger partial charge in [-0.1, -0.05) is 0 Å². The maximum atomic E-state index is 11.5. The van der Waals surface area contributed by atoms with E-state index in [1.807, 2.05) is 52.0 Å². The highest BCUT2D eigenvalue weighted by atomic mass is 32.1. The van der Waals surface area contributed by atoms with Crippen LogP contribution in [0.25, 0.3) is 23.3 Å². The zero-order valence-electron chi connectivity index (χ0n) is 22.2. The van der Waals surface area contributed by atoms with Gasteiger partial charge in [0.2, 0.25) is 21.3 Å². The average Bonchev–Trinajstić information content (AvgIpc) is 3.64. The van der Waals surface area contributed by atoms with Gasteiger partial charge in [0.25, 0.3) is 0 Å². The first-order valence-electron chi connectivity index (χ1n) is 12.7. The van der Waals surface area contributed by atoms with Crippen LogP contribution in [0.3, 0.4) is 0 Å². The quantitative estimate of drug-likeness (QED) is 0.264. The molecule has 0 unspecified atom stereocenters. The van der Waals surface area contributed by atoms with Gasteiger partial charge >= 0.3 is 0 Å². The summed E-state index contributed by atoms with van der Waals surface area (Å²) < 4.78 is 7.26. The molecule has 40 heavy (non-hydrogen) atoms. The predicted molar refractivity (Wildman–Crippen MR) is 162 cm³/mol. The van der Waals surface area contributed by atoms with Crippen LogP contribution in [0.1, 0.15) is 62.3 Å². The average molecular weight is 571 g/mol. The van der Waals surface area contributed by atoms with Gasteiger partial charge in [0.1, 0.15) is 11.4 Å². The molecular formula is C28H26N8O2S2. The van der Waals surface area contributed by atoms with E-state index in [2.05, 4.69) is 20.0 Å². The first-order valence-corrected chi connectivity index (χ1v) is 13.5. The van der Waals surface area contributed by atoms with Crippen molar-refractivity contribution in [2.45, 2.75) is 39.8 Å². The number of hydrogen-bond acceptors (Lipinski definition) is 8. The molecule has 0 spiro atoms. The lowest BCUT2D eigenvalue weighted by Gasteiger charge is -2.11. The minimum Gasteiger partial charge on any atom is -0.493 e. The summed E-state index contributed by atoms with van der Waals surface area (Å²) >= 11 is 11.9. The molecule has 0 bridgehead atoms. The largest absolute Gasteiger partial charge is 0.493 e. The number of pyridine rings is 2. The van der Waals surface area contributed by atoms with E-state index in [0.717, 1.165) is 33.6 Å². The Labute approximate surface area is 240 Å². The molecule has 12 heteroatoms. The van der Waals surface area contributed by atoms with Gasteiger partial charge in [0.05, 0.1) is 23.8 Å². The summed E-state index contributed by atoms with van der Waals surface area (Å²) in [7, 11) is 0. The molecule has 2 aliphatic rings. The molecule has 4 aromatic rings. The maximum Gasteiger partial charge on any atom is 0.220 e. The minimum atomic E-state index is -0.155. The molecule has 0 atom stereocenters. The van der Waals surface area contributed by atoms with E-state index in [4.69, 9.17) is 24.4 Å². The molecule has 0 radical (unpaired) electrons. The Hall–Kier alpha value is -4.42. The third-order valence-electron chi connectivity index (χ3n) is 6.87. The van der Waals surface area contributed by atoms with Crippen LogP contribution in [0.4, 0.5) is 11.4 Å². The molecule has 10 nitrogen and oxygen atoms in total. The molecule has 0 amide bonds. The van der Waals surface area contributed by atoms with Crippen LogP contribution in [0.2, 0.25) is 0 Å². The smallest absolute Gasteiger partial charge is 0.220 e. The molecule has 2 N–H and O–H groups in total. The van der Waals surface area contributed by atoms with Crippen molar-refractivity contribution in [3.63, 3.8) is 0 Å². The molecule has 202 valence electrons. The number of rotatable bonds is 5. The predicted octanol–water partition coefficient (Wildman–Crippen LogP) is 6.54. The summed E-state index contributed by atoms with van der Waals surface area (Å²) in [6.45, 7) is 7.75. The van der Waals surface area contributed by atoms with Crippen LogP contribution in [-0.2, 0) is 0 Å². The molecule has 0 aliphatic carbocycles. The number of aromatic nitrogens is 6. The fourth-order valence-electron chi connectivity index (χ4n) is 5.00. The summed E-state index contributed by atoms with van der Waals surface area (Å²) in [6, 6.07) is 3.44. The number of aromatic hydroxyl groups is 2. The fourth-order valence-corrected chi connectivity index (χ4v) is 5.96. The Bertz CT molecular complexity index is 1790. The van der Waals surface area contributed by atoms with E-state index >= 15 is 0 Å². The van der Waals surface area contributed by atoms with E-state index in [1.165, 1.54) is 0 Å². The lowest BCUT2D eigenvalue weighted by Crippen LogP contribution is -2.15. The van der Waals surface area contributed by atoms with Crippen LogP contribution in [0, 0.1) is 9.54 Å². The van der Waals surface area contributed by atoms with Gasteiger partial charge in [-0.05, 0) is 76.4 Å². The van der Waals surface area contributed by atoms with Crippen molar-refractivity contribution < 1.29 is 10.2 Å². The van der Waals surface area contributed by atoms with Crippen LogP contribution in [-0.4, -0.2) is 51.1 Å². The van der Waals surface area contributed by atoms with Crippen LogP contribution < -0.4 is 0 Å². The standard InChI is InChI=1S/C28H26N8O2S2/c1-15(2)33-25(37)23(9-17-11-31-21-13-29-7-5-19(17)21)35(27(33)39)36-24(26(38)34(16(3)4)28(36)40)10-18-12-32-22-14-30-8-6-20(18)22/h5-16,37-38H,1-4H3. The minimum absolute atomic E-state index is 0.0282. The second-order valence-corrected chi connectivity index (χ2v) is 10.8. The van der Waals surface area contributed by atoms with Crippen molar-refractivity contribution >= 4 is 71.5 Å². The number of nitrogens with zero attached hydrogens (tertiary/aromatic N) is 8. The molecule has 0 fully saturated rings. The topological polar surface area (TPSA) is 111 Å². The number of aliphatic imine (C=N–C) groups is 2. The van der Waals surface area contributed by atoms with Crippen molar-refractivity contribution in [1.29, 1.82) is 0 Å². The van der Waals surface area contributed by atoms with E-state index in [1.54, 1.807) is 55.7 Å². The monoisotopic (exact) mass is 570 g/mol. The van der Waals surface area contributed by atoms with Crippen LogP contribution in [0.15, 0.2) is 46.9 Å². The van der Waals surface area contributed by atoms with E-state index in [-0.39, 0.29) is 23.8 Å². The molecular weight excluding hydrogens is 544 g/mol. The van der Waals surface area contributed by atoms with Gasteiger partial charge in [-0.15, -0.1) is 0 Å². The van der Waals surface area contributed by atoms with Gasteiger partial charge < -0.3 is 10.2 Å². The van der Waals surface area contributed by atoms with E-state index in [9.17, 15) is 10.2 Å². The van der Waals surface area contributed by atoms with Crippen LogP contribution in [0.5, 0.6) is 11.8 Å². The molecule has 0 saturated heterocycles. The van der Waals surface area contributed by atoms with Gasteiger partial charge in [-0.3, -0.25) is 29.1 Å². The fraction of sp³-hybridized carbons (Fsp3) is 0.214. The number of hydrogen-bond donors (Lipinski definition) is 2. The highest BCUT2D eigenvalue weighted by Crippen LogP contribution is 2.38. The molecule has 4 aromatic heterocycles. The number of fused-ring (bicyclic) bond motifs is 2. The van der Waals surface area contributed by atoms with Gasteiger partial charge in [0, 0.05) is 59.2 Å². The molecule has 6 heterocycles. The third kappa shape index (κ3) is 3.90. The normalized spacial score (nSPS) is 15.8. The summed E-state index contributed by atoms with van der Waals surface area (Å²) in [6.07, 6.45) is 13.9. The van der Waals surface area contributed by atoms with Crippen LogP contribution >= 0.6 is 24.4 Å². The first kappa shape index (κ1) is 25.8. The van der Waals surface area contributed by atoms with Gasteiger partial charge in [-0.2, -0.15) is 0 Å². The molecule has 0 saturated carbocycles.